The molecular formula is C9H8O4. The van der Waals surface area contributed by atoms with Gasteiger partial charge in [-0.1, -0.05) is 12.2 Å². The van der Waals surface area contributed by atoms with E-state index in [1.165, 1.54) is 12.3 Å². The summed E-state index contributed by atoms with van der Waals surface area (Å²) in [4.78, 5) is 20.5. The highest BCUT2D eigenvalue weighted by Gasteiger charge is 2.00. The third-order valence-corrected chi connectivity index (χ3v) is 1.42. The van der Waals surface area contributed by atoms with Crippen LogP contribution in [0.15, 0.2) is 22.8 Å². The minimum atomic E-state index is -0.910. The van der Waals surface area contributed by atoms with Crippen LogP contribution in [0.25, 0.3) is 6.08 Å². The van der Waals surface area contributed by atoms with Gasteiger partial charge < -0.3 is 9.52 Å². The number of carbonyl (C=O) groups is 2. The molecule has 0 bridgehead atoms. The van der Waals surface area contributed by atoms with Gasteiger partial charge in [-0.3, -0.25) is 9.59 Å². The van der Waals surface area contributed by atoms with Crippen molar-refractivity contribution in [1.29, 1.82) is 0 Å². The number of aldehydes is 1. The molecule has 0 saturated carbocycles. The smallest absolute Gasteiger partial charge is 0.307 e. The molecule has 0 radical (unpaired) electrons. The number of carboxylic acids is 1. The van der Waals surface area contributed by atoms with Crippen LogP contribution in [0.3, 0.4) is 0 Å². The first-order chi connectivity index (χ1) is 6.24. The van der Waals surface area contributed by atoms with Crippen LogP contribution in [-0.4, -0.2) is 17.4 Å². The van der Waals surface area contributed by atoms with Crippen molar-refractivity contribution in [2.24, 2.45) is 0 Å². The number of carboxylic acid groups (broad SMARTS) is 1. The van der Waals surface area contributed by atoms with E-state index >= 15 is 0 Å². The molecular weight excluding hydrogens is 172 g/mol. The maximum absolute atomic E-state index is 10.3. The molecule has 1 rings (SSSR count). The average molecular weight is 180 g/mol. The normalized spacial score (nSPS) is 10.5. The van der Waals surface area contributed by atoms with Crippen molar-refractivity contribution in [1.82, 2.24) is 0 Å². The second-order valence-electron chi connectivity index (χ2n) is 2.36. The molecule has 0 unspecified atom stereocenters. The van der Waals surface area contributed by atoms with Crippen molar-refractivity contribution in [3.63, 3.8) is 0 Å². The lowest BCUT2D eigenvalue weighted by Gasteiger charge is -1.86. The van der Waals surface area contributed by atoms with Gasteiger partial charge in [-0.05, 0) is 6.07 Å². The van der Waals surface area contributed by atoms with Crippen molar-refractivity contribution in [2.75, 3.05) is 0 Å². The van der Waals surface area contributed by atoms with E-state index in [9.17, 15) is 9.59 Å². The molecule has 0 fully saturated rings. The van der Waals surface area contributed by atoms with Crippen LogP contribution in [0.2, 0.25) is 0 Å². The minimum Gasteiger partial charge on any atom is -0.481 e. The second kappa shape index (κ2) is 4.25. The van der Waals surface area contributed by atoms with E-state index in [0.717, 1.165) is 0 Å². The molecule has 4 nitrogen and oxygen atoms in total. The van der Waals surface area contributed by atoms with Gasteiger partial charge >= 0.3 is 5.97 Å². The first-order valence-corrected chi connectivity index (χ1v) is 3.65. The Balaban J connectivity index is 2.67. The summed E-state index contributed by atoms with van der Waals surface area (Å²) in [6.45, 7) is 0. The molecule has 0 saturated heterocycles. The SMILES string of the molecule is O=Cc1occc1C=CCC(=O)O. The standard InChI is InChI=1S/C9H8O4/c10-6-8-7(4-5-13-8)2-1-3-9(11)12/h1-2,4-6H,3H2,(H,11,12). The number of carbonyl (C=O) groups excluding carboxylic acids is 1. The lowest BCUT2D eigenvalue weighted by atomic mass is 10.2. The number of rotatable bonds is 4. The van der Waals surface area contributed by atoms with Crippen LogP contribution >= 0.6 is 0 Å². The van der Waals surface area contributed by atoms with Crippen molar-refractivity contribution in [2.45, 2.75) is 6.42 Å². The summed E-state index contributed by atoms with van der Waals surface area (Å²) in [6, 6.07) is 1.60. The summed E-state index contributed by atoms with van der Waals surface area (Å²) in [7, 11) is 0. The zero-order valence-corrected chi connectivity index (χ0v) is 6.77. The lowest BCUT2D eigenvalue weighted by molar-refractivity contribution is -0.135. The Labute approximate surface area is 74.5 Å². The zero-order chi connectivity index (χ0) is 9.68. The number of furan rings is 1. The van der Waals surface area contributed by atoms with E-state index in [1.807, 2.05) is 0 Å². The van der Waals surface area contributed by atoms with Gasteiger partial charge in [-0.25, -0.2) is 0 Å². The van der Waals surface area contributed by atoms with Gasteiger partial charge in [0.1, 0.15) is 0 Å². The highest BCUT2D eigenvalue weighted by Crippen LogP contribution is 2.09. The Morgan fingerprint density at radius 1 is 1.62 bits per heavy atom. The van der Waals surface area contributed by atoms with Gasteiger partial charge in [0.05, 0.1) is 12.7 Å². The van der Waals surface area contributed by atoms with Crippen molar-refractivity contribution in [3.8, 4) is 0 Å². The summed E-state index contributed by atoms with van der Waals surface area (Å²) < 4.78 is 4.80. The third-order valence-electron chi connectivity index (χ3n) is 1.42. The van der Waals surface area contributed by atoms with Gasteiger partial charge in [0, 0.05) is 5.56 Å². The Bertz CT molecular complexity index is 335. The molecule has 1 N–H and O–H groups in total. The third kappa shape index (κ3) is 2.59. The van der Waals surface area contributed by atoms with Crippen molar-refractivity contribution >= 4 is 18.3 Å². The van der Waals surface area contributed by atoms with Gasteiger partial charge in [0.2, 0.25) is 0 Å². The molecule has 1 aromatic rings. The van der Waals surface area contributed by atoms with E-state index in [4.69, 9.17) is 9.52 Å². The van der Waals surface area contributed by atoms with Gasteiger partial charge in [0.25, 0.3) is 0 Å². The van der Waals surface area contributed by atoms with Crippen LogP contribution in [0.4, 0.5) is 0 Å². The molecule has 0 aromatic carbocycles. The first kappa shape index (κ1) is 9.25. The summed E-state index contributed by atoms with van der Waals surface area (Å²) >= 11 is 0. The molecule has 0 aliphatic rings. The summed E-state index contributed by atoms with van der Waals surface area (Å²) in [6.07, 6.45) is 4.90. The predicted octanol–water partition coefficient (Wildman–Crippen LogP) is 1.58. The Morgan fingerprint density at radius 2 is 2.38 bits per heavy atom. The lowest BCUT2D eigenvalue weighted by Crippen LogP contribution is -1.89. The summed E-state index contributed by atoms with van der Waals surface area (Å²) in [5, 5.41) is 8.32. The molecule has 0 aliphatic heterocycles. The van der Waals surface area contributed by atoms with E-state index in [0.29, 0.717) is 11.8 Å². The maximum atomic E-state index is 10.3. The molecule has 1 heterocycles. The fourth-order valence-electron chi connectivity index (χ4n) is 0.851. The maximum Gasteiger partial charge on any atom is 0.307 e. The van der Waals surface area contributed by atoms with Gasteiger partial charge in [0.15, 0.2) is 12.0 Å². The molecule has 4 heteroatoms. The molecule has 13 heavy (non-hydrogen) atoms. The highest BCUT2D eigenvalue weighted by atomic mass is 16.4. The summed E-state index contributed by atoms with van der Waals surface area (Å²) in [5.41, 5.74) is 0.594. The van der Waals surface area contributed by atoms with Crippen LogP contribution < -0.4 is 0 Å². The van der Waals surface area contributed by atoms with Crippen molar-refractivity contribution in [3.05, 3.63) is 29.7 Å². The molecule has 0 atom stereocenters. The van der Waals surface area contributed by atoms with E-state index in [2.05, 4.69) is 0 Å². The Morgan fingerprint density at radius 3 is 3.00 bits per heavy atom. The Hall–Kier alpha value is -1.84. The molecule has 0 spiro atoms. The van der Waals surface area contributed by atoms with Gasteiger partial charge in [-0.2, -0.15) is 0 Å². The van der Waals surface area contributed by atoms with Crippen LogP contribution in [-0.2, 0) is 4.79 Å². The topological polar surface area (TPSA) is 67.5 Å². The van der Waals surface area contributed by atoms with Crippen molar-refractivity contribution < 1.29 is 19.1 Å². The van der Waals surface area contributed by atoms with E-state index < -0.39 is 5.97 Å². The average Bonchev–Trinajstić information content (AvgIpc) is 2.51. The monoisotopic (exact) mass is 180 g/mol. The number of aliphatic carboxylic acids is 1. The van der Waals surface area contributed by atoms with Crippen LogP contribution in [0, 0.1) is 0 Å². The number of hydrogen-bond donors (Lipinski definition) is 1. The Kier molecular flexibility index (Phi) is 3.03. The van der Waals surface area contributed by atoms with E-state index in [-0.39, 0.29) is 12.2 Å². The summed E-state index contributed by atoms with van der Waals surface area (Å²) in [5.74, 6) is -0.700. The molecule has 0 amide bonds. The first-order valence-electron chi connectivity index (χ1n) is 3.65. The van der Waals surface area contributed by atoms with E-state index in [1.54, 1.807) is 12.1 Å². The minimum absolute atomic E-state index is 0.0660. The van der Waals surface area contributed by atoms with Crippen LogP contribution in [0.5, 0.6) is 0 Å². The largest absolute Gasteiger partial charge is 0.481 e. The second-order valence-corrected chi connectivity index (χ2v) is 2.36. The molecule has 68 valence electrons. The molecule has 1 aromatic heterocycles. The predicted molar refractivity (Wildman–Crippen MR) is 45.4 cm³/mol. The molecule has 0 aliphatic carbocycles. The highest BCUT2D eigenvalue weighted by molar-refractivity contribution is 5.78. The number of hydrogen-bond acceptors (Lipinski definition) is 3. The fourth-order valence-corrected chi connectivity index (χ4v) is 0.851. The quantitative estimate of drug-likeness (QED) is 0.714. The fraction of sp³-hybridized carbons (Fsp3) is 0.111. The van der Waals surface area contributed by atoms with Gasteiger partial charge in [-0.15, -0.1) is 0 Å². The van der Waals surface area contributed by atoms with Crippen LogP contribution in [0.1, 0.15) is 22.5 Å². The zero-order valence-electron chi connectivity index (χ0n) is 6.77.